The van der Waals surface area contributed by atoms with Crippen LogP contribution in [0.2, 0.25) is 0 Å². The van der Waals surface area contributed by atoms with Crippen molar-refractivity contribution >= 4 is 11.7 Å². The molecule has 1 rings (SSSR count). The predicted molar refractivity (Wildman–Crippen MR) is 76.3 cm³/mol. The van der Waals surface area contributed by atoms with Crippen LogP contribution in [-0.2, 0) is 4.74 Å². The molecule has 0 amide bonds. The Kier molecular flexibility index (Phi) is 5.39. The Hall–Kier alpha value is -2.22. The molecule has 0 aliphatic carbocycles. The third-order valence-electron chi connectivity index (χ3n) is 2.93. The minimum atomic E-state index is -0.469. The van der Waals surface area contributed by atoms with E-state index < -0.39 is 11.4 Å². The molecule has 0 spiro atoms. The van der Waals surface area contributed by atoms with Gasteiger partial charge in [0.25, 0.3) is 0 Å². The number of benzene rings is 1. The fourth-order valence-electron chi connectivity index (χ4n) is 1.70. The first kappa shape index (κ1) is 15.8. The van der Waals surface area contributed by atoms with Gasteiger partial charge in [0.1, 0.15) is 11.3 Å². The van der Waals surface area contributed by atoms with Crippen LogP contribution in [0.4, 0.5) is 5.69 Å². The Balaban J connectivity index is 2.56. The molecular weight excluding hydrogens is 256 g/mol. The van der Waals surface area contributed by atoms with Crippen LogP contribution in [0.25, 0.3) is 0 Å². The minimum absolute atomic E-state index is 0.266. The van der Waals surface area contributed by atoms with E-state index in [4.69, 9.17) is 20.5 Å². The molecule has 108 valence electrons. The van der Waals surface area contributed by atoms with Gasteiger partial charge in [-0.05, 0) is 44.9 Å². The largest absolute Gasteiger partial charge is 0.496 e. The van der Waals surface area contributed by atoms with E-state index >= 15 is 0 Å². The number of carbonyl (C=O) groups is 1. The number of esters is 1. The Morgan fingerprint density at radius 2 is 2.15 bits per heavy atom. The first-order valence-electron chi connectivity index (χ1n) is 6.41. The van der Waals surface area contributed by atoms with Crippen LogP contribution in [0.15, 0.2) is 18.2 Å². The number of nitrogens with zero attached hydrogens (tertiary/aromatic N) is 1. The monoisotopic (exact) mass is 276 g/mol. The highest BCUT2D eigenvalue weighted by Gasteiger charge is 2.17. The van der Waals surface area contributed by atoms with Gasteiger partial charge in [0.15, 0.2) is 0 Å². The fourth-order valence-corrected chi connectivity index (χ4v) is 1.70. The van der Waals surface area contributed by atoms with Gasteiger partial charge < -0.3 is 15.2 Å². The summed E-state index contributed by atoms with van der Waals surface area (Å²) in [5, 5.41) is 8.89. The Bertz CT molecular complexity index is 518. The molecule has 0 saturated heterocycles. The first-order chi connectivity index (χ1) is 9.39. The first-order valence-corrected chi connectivity index (χ1v) is 6.41. The van der Waals surface area contributed by atoms with Crippen molar-refractivity contribution < 1.29 is 14.3 Å². The second-order valence-corrected chi connectivity index (χ2v) is 5.19. The average molecular weight is 276 g/mol. The average Bonchev–Trinajstić information content (AvgIpc) is 2.43. The highest BCUT2D eigenvalue weighted by atomic mass is 16.5. The van der Waals surface area contributed by atoms with Gasteiger partial charge in [-0.15, -0.1) is 0 Å². The van der Waals surface area contributed by atoms with E-state index in [1.165, 1.54) is 13.2 Å². The summed E-state index contributed by atoms with van der Waals surface area (Å²) in [5.74, 6) is -0.0366. The van der Waals surface area contributed by atoms with Crippen molar-refractivity contribution in [2.24, 2.45) is 5.41 Å². The Morgan fingerprint density at radius 1 is 1.45 bits per heavy atom. The summed E-state index contributed by atoms with van der Waals surface area (Å²) in [5.41, 5.74) is 6.04. The lowest BCUT2D eigenvalue weighted by Crippen LogP contribution is -2.12. The zero-order valence-corrected chi connectivity index (χ0v) is 12.1. The van der Waals surface area contributed by atoms with Gasteiger partial charge in [-0.3, -0.25) is 0 Å². The summed E-state index contributed by atoms with van der Waals surface area (Å²) >= 11 is 0. The zero-order valence-electron chi connectivity index (χ0n) is 12.1. The molecule has 5 nitrogen and oxygen atoms in total. The number of ether oxygens (including phenoxy) is 2. The number of nitrogen functional groups attached to an aromatic ring is 1. The highest BCUT2D eigenvalue weighted by molar-refractivity contribution is 5.93. The standard InChI is InChI=1S/C15H20N2O3/c1-15(2,10-16)7-4-8-20-14(18)12-9-11(17)5-6-13(12)19-3/h5-6,9H,4,7-8,17H2,1-3H3. The lowest BCUT2D eigenvalue weighted by Gasteiger charge is -2.14. The zero-order chi connectivity index (χ0) is 15.2. The van der Waals surface area contributed by atoms with Gasteiger partial charge in [0.05, 0.1) is 25.2 Å². The van der Waals surface area contributed by atoms with E-state index in [9.17, 15) is 4.79 Å². The van der Waals surface area contributed by atoms with Crippen molar-refractivity contribution in [3.8, 4) is 11.8 Å². The third kappa shape index (κ3) is 4.47. The fraction of sp³-hybridized carbons (Fsp3) is 0.467. The quantitative estimate of drug-likeness (QED) is 0.490. The molecule has 2 N–H and O–H groups in total. The summed E-state index contributed by atoms with van der Waals surface area (Å²) in [6.45, 7) is 3.98. The second-order valence-electron chi connectivity index (χ2n) is 5.19. The van der Waals surface area contributed by atoms with Crippen molar-refractivity contribution in [2.45, 2.75) is 26.7 Å². The highest BCUT2D eigenvalue weighted by Crippen LogP contribution is 2.23. The van der Waals surface area contributed by atoms with E-state index in [1.54, 1.807) is 12.1 Å². The van der Waals surface area contributed by atoms with E-state index in [1.807, 2.05) is 13.8 Å². The summed E-state index contributed by atoms with van der Waals surface area (Å²) in [6.07, 6.45) is 1.31. The van der Waals surface area contributed by atoms with E-state index in [0.29, 0.717) is 29.8 Å². The Labute approximate surface area is 119 Å². The molecule has 0 fully saturated rings. The van der Waals surface area contributed by atoms with E-state index in [-0.39, 0.29) is 6.61 Å². The molecule has 1 aromatic carbocycles. The van der Waals surface area contributed by atoms with Gasteiger partial charge in [0, 0.05) is 5.69 Å². The van der Waals surface area contributed by atoms with Crippen molar-refractivity contribution in [3.05, 3.63) is 23.8 Å². The summed E-state index contributed by atoms with van der Waals surface area (Å²) in [6, 6.07) is 7.03. The molecule has 0 saturated carbocycles. The third-order valence-corrected chi connectivity index (χ3v) is 2.93. The van der Waals surface area contributed by atoms with Crippen molar-refractivity contribution in [2.75, 3.05) is 19.5 Å². The molecule has 0 radical (unpaired) electrons. The summed E-state index contributed by atoms with van der Waals surface area (Å²) in [7, 11) is 1.48. The number of nitriles is 1. The van der Waals surface area contributed by atoms with Gasteiger partial charge in [-0.25, -0.2) is 4.79 Å². The van der Waals surface area contributed by atoms with Crippen LogP contribution in [0.5, 0.6) is 5.75 Å². The van der Waals surface area contributed by atoms with Crippen molar-refractivity contribution in [1.29, 1.82) is 5.26 Å². The lowest BCUT2D eigenvalue weighted by molar-refractivity contribution is 0.0487. The van der Waals surface area contributed by atoms with E-state index in [2.05, 4.69) is 6.07 Å². The van der Waals surface area contributed by atoms with Crippen LogP contribution >= 0.6 is 0 Å². The number of carbonyl (C=O) groups excluding carboxylic acids is 1. The van der Waals surface area contributed by atoms with Crippen LogP contribution < -0.4 is 10.5 Å². The molecule has 20 heavy (non-hydrogen) atoms. The molecule has 0 atom stereocenters. The van der Waals surface area contributed by atoms with Crippen LogP contribution in [0, 0.1) is 16.7 Å². The molecule has 0 aliphatic rings. The van der Waals surface area contributed by atoms with Crippen molar-refractivity contribution in [1.82, 2.24) is 0 Å². The maximum atomic E-state index is 11.9. The van der Waals surface area contributed by atoms with Gasteiger partial charge in [-0.1, -0.05) is 0 Å². The van der Waals surface area contributed by atoms with Gasteiger partial charge in [-0.2, -0.15) is 5.26 Å². The second kappa shape index (κ2) is 6.80. The number of rotatable bonds is 6. The minimum Gasteiger partial charge on any atom is -0.496 e. The summed E-state index contributed by atoms with van der Waals surface area (Å²) in [4.78, 5) is 11.9. The molecule has 0 unspecified atom stereocenters. The maximum Gasteiger partial charge on any atom is 0.341 e. The number of methoxy groups -OCH3 is 1. The topological polar surface area (TPSA) is 85.3 Å². The van der Waals surface area contributed by atoms with E-state index in [0.717, 1.165) is 0 Å². The molecule has 0 aliphatic heterocycles. The lowest BCUT2D eigenvalue weighted by atomic mass is 9.90. The van der Waals surface area contributed by atoms with Gasteiger partial charge in [0.2, 0.25) is 0 Å². The maximum absolute atomic E-state index is 11.9. The number of hydrogen-bond acceptors (Lipinski definition) is 5. The Morgan fingerprint density at radius 3 is 2.75 bits per heavy atom. The normalized spacial score (nSPS) is 10.7. The predicted octanol–water partition coefficient (Wildman–Crippen LogP) is 2.76. The number of nitrogens with two attached hydrogens (primary N) is 1. The molecule has 1 aromatic rings. The number of hydrogen-bond donors (Lipinski definition) is 1. The molecule has 5 heteroatoms. The van der Waals surface area contributed by atoms with Crippen LogP contribution in [0.3, 0.4) is 0 Å². The molecule has 0 bridgehead atoms. The molecular formula is C15H20N2O3. The van der Waals surface area contributed by atoms with Gasteiger partial charge >= 0.3 is 5.97 Å². The van der Waals surface area contributed by atoms with Crippen LogP contribution in [-0.4, -0.2) is 19.7 Å². The number of anilines is 1. The molecule has 0 aromatic heterocycles. The summed E-state index contributed by atoms with van der Waals surface area (Å²) < 4.78 is 10.3. The smallest absolute Gasteiger partial charge is 0.341 e. The van der Waals surface area contributed by atoms with Crippen LogP contribution in [0.1, 0.15) is 37.0 Å². The van der Waals surface area contributed by atoms with Crippen molar-refractivity contribution in [3.63, 3.8) is 0 Å². The SMILES string of the molecule is COc1ccc(N)cc1C(=O)OCCCC(C)(C)C#N. The molecule has 0 heterocycles.